The average Bonchev–Trinajstić information content (AvgIpc) is 2.46. The number of ether oxygens (including phenoxy) is 1. The summed E-state index contributed by atoms with van der Waals surface area (Å²) < 4.78 is 5.89. The highest BCUT2D eigenvalue weighted by Gasteiger charge is 2.21. The fourth-order valence-corrected chi connectivity index (χ4v) is 1.66. The van der Waals surface area contributed by atoms with Crippen molar-refractivity contribution in [2.75, 3.05) is 6.61 Å². The molecule has 7 nitrogen and oxygen atoms in total. The number of aromatic hydroxyl groups is 1. The van der Waals surface area contributed by atoms with E-state index >= 15 is 0 Å². The van der Waals surface area contributed by atoms with Gasteiger partial charge in [0.15, 0.2) is 11.5 Å². The molecule has 2 aromatic rings. The van der Waals surface area contributed by atoms with E-state index in [9.17, 15) is 14.7 Å². The van der Waals surface area contributed by atoms with Gasteiger partial charge in [-0.1, -0.05) is 6.07 Å². The molecule has 0 spiro atoms. The molecule has 104 valence electrons. The summed E-state index contributed by atoms with van der Waals surface area (Å²) in [5.74, 6) is -1.40. The van der Waals surface area contributed by atoms with Crippen LogP contribution in [0.25, 0.3) is 11.5 Å². The fourth-order valence-electron chi connectivity index (χ4n) is 1.66. The monoisotopic (exact) mass is 275 g/mol. The van der Waals surface area contributed by atoms with E-state index in [0.29, 0.717) is 5.69 Å². The molecule has 0 fully saturated rings. The molecule has 0 bridgehead atoms. The van der Waals surface area contributed by atoms with Crippen LogP contribution in [0.5, 0.6) is 5.75 Å². The number of pyridine rings is 1. The quantitative estimate of drug-likeness (QED) is 0.830. The third kappa shape index (κ3) is 2.37. The van der Waals surface area contributed by atoms with Crippen molar-refractivity contribution in [2.24, 2.45) is 7.05 Å². The third-order valence-electron chi connectivity index (χ3n) is 2.63. The normalized spacial score (nSPS) is 10.3. The highest BCUT2D eigenvalue weighted by Crippen LogP contribution is 2.17. The SMILES string of the molecule is CCOC(=O)c1nc(-c2ccccn2)n(C)c(=O)c1O. The van der Waals surface area contributed by atoms with Crippen LogP contribution in [0, 0.1) is 0 Å². The van der Waals surface area contributed by atoms with E-state index in [2.05, 4.69) is 9.97 Å². The van der Waals surface area contributed by atoms with E-state index < -0.39 is 23.0 Å². The molecule has 0 aliphatic heterocycles. The second-order valence-corrected chi connectivity index (χ2v) is 3.93. The Morgan fingerprint density at radius 2 is 2.20 bits per heavy atom. The lowest BCUT2D eigenvalue weighted by Gasteiger charge is -2.10. The Balaban J connectivity index is 2.65. The van der Waals surface area contributed by atoms with Crippen LogP contribution >= 0.6 is 0 Å². The Bertz CT molecular complexity index is 695. The highest BCUT2D eigenvalue weighted by molar-refractivity contribution is 5.90. The van der Waals surface area contributed by atoms with Gasteiger partial charge in [0, 0.05) is 13.2 Å². The maximum atomic E-state index is 11.9. The molecular formula is C13H13N3O4. The largest absolute Gasteiger partial charge is 0.501 e. The second kappa shape index (κ2) is 5.52. The van der Waals surface area contributed by atoms with Gasteiger partial charge in [-0.05, 0) is 19.1 Å². The average molecular weight is 275 g/mol. The third-order valence-corrected chi connectivity index (χ3v) is 2.63. The summed E-state index contributed by atoms with van der Waals surface area (Å²) in [6.45, 7) is 1.74. The highest BCUT2D eigenvalue weighted by atomic mass is 16.5. The first-order valence-corrected chi connectivity index (χ1v) is 5.94. The second-order valence-electron chi connectivity index (χ2n) is 3.93. The Morgan fingerprint density at radius 3 is 2.80 bits per heavy atom. The van der Waals surface area contributed by atoms with Crippen molar-refractivity contribution in [2.45, 2.75) is 6.92 Å². The van der Waals surface area contributed by atoms with Crippen molar-refractivity contribution < 1.29 is 14.6 Å². The summed E-state index contributed by atoms with van der Waals surface area (Å²) in [4.78, 5) is 31.7. The number of esters is 1. The van der Waals surface area contributed by atoms with Crippen LogP contribution in [0.3, 0.4) is 0 Å². The molecule has 20 heavy (non-hydrogen) atoms. The van der Waals surface area contributed by atoms with Crippen LogP contribution in [0.15, 0.2) is 29.2 Å². The predicted molar refractivity (Wildman–Crippen MR) is 70.3 cm³/mol. The Labute approximate surface area is 114 Å². The van der Waals surface area contributed by atoms with Gasteiger partial charge < -0.3 is 9.84 Å². The Morgan fingerprint density at radius 1 is 1.45 bits per heavy atom. The maximum Gasteiger partial charge on any atom is 0.361 e. The minimum atomic E-state index is -0.847. The molecule has 0 saturated heterocycles. The van der Waals surface area contributed by atoms with Crippen LogP contribution in [0.4, 0.5) is 0 Å². The first-order chi connectivity index (χ1) is 9.56. The molecule has 0 unspecified atom stereocenters. The zero-order valence-electron chi connectivity index (χ0n) is 11.0. The van der Waals surface area contributed by atoms with Gasteiger partial charge in [0.25, 0.3) is 5.56 Å². The molecule has 0 aliphatic rings. The molecule has 0 amide bonds. The van der Waals surface area contributed by atoms with Crippen molar-refractivity contribution >= 4 is 5.97 Å². The molecule has 0 aromatic carbocycles. The minimum Gasteiger partial charge on any atom is -0.501 e. The number of carbonyl (C=O) groups is 1. The number of carbonyl (C=O) groups excluding carboxylic acids is 1. The lowest BCUT2D eigenvalue weighted by molar-refractivity contribution is 0.0515. The van der Waals surface area contributed by atoms with Crippen LogP contribution in [0.2, 0.25) is 0 Å². The molecule has 0 aliphatic carbocycles. The van der Waals surface area contributed by atoms with Crippen molar-refractivity contribution in [1.82, 2.24) is 14.5 Å². The van der Waals surface area contributed by atoms with Gasteiger partial charge in [-0.15, -0.1) is 0 Å². The van der Waals surface area contributed by atoms with Crippen molar-refractivity contribution in [3.8, 4) is 17.3 Å². The summed E-state index contributed by atoms with van der Waals surface area (Å²) in [5, 5.41) is 9.73. The molecule has 2 aromatic heterocycles. The van der Waals surface area contributed by atoms with Gasteiger partial charge in [-0.3, -0.25) is 14.3 Å². The maximum absolute atomic E-state index is 11.9. The van der Waals surface area contributed by atoms with Crippen molar-refractivity contribution in [3.05, 3.63) is 40.4 Å². The minimum absolute atomic E-state index is 0.119. The summed E-state index contributed by atoms with van der Waals surface area (Å²) in [6, 6.07) is 5.09. The molecule has 0 radical (unpaired) electrons. The summed E-state index contributed by atoms with van der Waals surface area (Å²) in [7, 11) is 1.44. The summed E-state index contributed by atoms with van der Waals surface area (Å²) in [6.07, 6.45) is 1.54. The van der Waals surface area contributed by atoms with E-state index in [-0.39, 0.29) is 12.4 Å². The lowest BCUT2D eigenvalue weighted by Crippen LogP contribution is -2.24. The fraction of sp³-hybridized carbons (Fsp3) is 0.231. The molecule has 2 rings (SSSR count). The van der Waals surface area contributed by atoms with Crippen LogP contribution < -0.4 is 5.56 Å². The zero-order chi connectivity index (χ0) is 14.7. The topological polar surface area (TPSA) is 94.3 Å². The van der Waals surface area contributed by atoms with E-state index in [0.717, 1.165) is 4.57 Å². The number of rotatable bonds is 3. The van der Waals surface area contributed by atoms with E-state index in [4.69, 9.17) is 4.74 Å². The van der Waals surface area contributed by atoms with Gasteiger partial charge >= 0.3 is 5.97 Å². The Kier molecular flexibility index (Phi) is 3.79. The molecular weight excluding hydrogens is 262 g/mol. The first kappa shape index (κ1) is 13.7. The summed E-state index contributed by atoms with van der Waals surface area (Å²) >= 11 is 0. The smallest absolute Gasteiger partial charge is 0.361 e. The number of aromatic nitrogens is 3. The molecule has 7 heteroatoms. The van der Waals surface area contributed by atoms with Gasteiger partial charge in [0.1, 0.15) is 5.69 Å². The predicted octanol–water partition coefficient (Wildman–Crippen LogP) is 0.725. The van der Waals surface area contributed by atoms with E-state index in [1.165, 1.54) is 7.05 Å². The van der Waals surface area contributed by atoms with Gasteiger partial charge in [-0.25, -0.2) is 9.78 Å². The number of hydrogen-bond donors (Lipinski definition) is 1. The van der Waals surface area contributed by atoms with Crippen molar-refractivity contribution in [3.63, 3.8) is 0 Å². The Hall–Kier alpha value is -2.70. The van der Waals surface area contributed by atoms with Gasteiger partial charge in [-0.2, -0.15) is 0 Å². The van der Waals surface area contributed by atoms with Crippen molar-refractivity contribution in [1.29, 1.82) is 0 Å². The lowest BCUT2D eigenvalue weighted by atomic mass is 10.3. The van der Waals surface area contributed by atoms with E-state index in [1.54, 1.807) is 31.3 Å². The summed E-state index contributed by atoms with van der Waals surface area (Å²) in [5.41, 5.74) is -0.725. The van der Waals surface area contributed by atoms with Crippen LogP contribution in [-0.4, -0.2) is 32.2 Å². The number of hydrogen-bond acceptors (Lipinski definition) is 6. The van der Waals surface area contributed by atoms with E-state index in [1.807, 2.05) is 0 Å². The van der Waals surface area contributed by atoms with Crippen LogP contribution in [-0.2, 0) is 11.8 Å². The standard InChI is InChI=1S/C13H13N3O4/c1-3-20-13(19)9-10(17)12(18)16(2)11(15-9)8-6-4-5-7-14-8/h4-7,17H,3H2,1-2H3. The zero-order valence-corrected chi connectivity index (χ0v) is 11.0. The molecule has 0 atom stereocenters. The van der Waals surface area contributed by atoms with Crippen LogP contribution in [0.1, 0.15) is 17.4 Å². The van der Waals surface area contributed by atoms with Gasteiger partial charge in [0.2, 0.25) is 5.75 Å². The van der Waals surface area contributed by atoms with Gasteiger partial charge in [0.05, 0.1) is 6.61 Å². The number of nitrogens with zero attached hydrogens (tertiary/aromatic N) is 3. The first-order valence-electron chi connectivity index (χ1n) is 5.94. The molecule has 1 N–H and O–H groups in total. The molecule has 0 saturated carbocycles. The molecule has 2 heterocycles.